The van der Waals surface area contributed by atoms with Crippen LogP contribution >= 0.6 is 0 Å². The van der Waals surface area contributed by atoms with Crippen molar-refractivity contribution in [1.29, 1.82) is 0 Å². The van der Waals surface area contributed by atoms with E-state index in [0.29, 0.717) is 5.92 Å². The zero-order valence-corrected chi connectivity index (χ0v) is 11.8. The van der Waals surface area contributed by atoms with Gasteiger partial charge in [0, 0.05) is 7.11 Å². The number of ether oxygens (including phenoxy) is 2. The zero-order chi connectivity index (χ0) is 13.7. The predicted molar refractivity (Wildman–Crippen MR) is 75.3 cm³/mol. The van der Waals surface area contributed by atoms with Gasteiger partial charge in [-0.2, -0.15) is 0 Å². The van der Waals surface area contributed by atoms with E-state index in [0.717, 1.165) is 24.2 Å². The highest BCUT2D eigenvalue weighted by molar-refractivity contribution is 5.29. The number of hydrogen-bond donors (Lipinski definition) is 1. The van der Waals surface area contributed by atoms with Gasteiger partial charge in [-0.25, -0.2) is 0 Å². The van der Waals surface area contributed by atoms with Gasteiger partial charge in [0.15, 0.2) is 0 Å². The number of rotatable bonds is 5. The van der Waals surface area contributed by atoms with E-state index < -0.39 is 6.10 Å². The van der Waals surface area contributed by atoms with Gasteiger partial charge in [-0.1, -0.05) is 31.4 Å². The molecule has 0 amide bonds. The summed E-state index contributed by atoms with van der Waals surface area (Å²) in [6, 6.07) is 7.59. The Morgan fingerprint density at radius 3 is 2.21 bits per heavy atom. The van der Waals surface area contributed by atoms with Crippen molar-refractivity contribution in [3.05, 3.63) is 29.8 Å². The first kappa shape index (κ1) is 14.4. The third-order valence-corrected chi connectivity index (χ3v) is 4.16. The fraction of sp³-hybridized carbons (Fsp3) is 0.625. The highest BCUT2D eigenvalue weighted by atomic mass is 16.5. The molecule has 0 aromatic heterocycles. The Labute approximate surface area is 115 Å². The second-order valence-electron chi connectivity index (χ2n) is 5.32. The molecule has 2 rings (SSSR count). The van der Waals surface area contributed by atoms with Gasteiger partial charge >= 0.3 is 0 Å². The van der Waals surface area contributed by atoms with Crippen LogP contribution < -0.4 is 4.74 Å². The van der Waals surface area contributed by atoms with Crippen LogP contribution in [-0.4, -0.2) is 25.4 Å². The Morgan fingerprint density at radius 2 is 1.68 bits per heavy atom. The fourth-order valence-electron chi connectivity index (χ4n) is 3.03. The Bertz CT molecular complexity index is 368. The van der Waals surface area contributed by atoms with Crippen molar-refractivity contribution < 1.29 is 14.6 Å². The fourth-order valence-corrected chi connectivity index (χ4v) is 3.03. The van der Waals surface area contributed by atoms with Crippen LogP contribution in [0.3, 0.4) is 0 Å². The van der Waals surface area contributed by atoms with Crippen molar-refractivity contribution in [2.45, 2.75) is 44.3 Å². The Kier molecular flexibility index (Phi) is 5.23. The second kappa shape index (κ2) is 6.92. The third-order valence-electron chi connectivity index (χ3n) is 4.16. The molecule has 0 radical (unpaired) electrons. The first-order valence-electron chi connectivity index (χ1n) is 7.11. The van der Waals surface area contributed by atoms with Gasteiger partial charge in [0.05, 0.1) is 13.2 Å². The van der Waals surface area contributed by atoms with Gasteiger partial charge in [-0.3, -0.25) is 0 Å². The van der Waals surface area contributed by atoms with Crippen LogP contribution in [0.25, 0.3) is 0 Å². The van der Waals surface area contributed by atoms with Crippen LogP contribution in [0.1, 0.15) is 43.8 Å². The minimum atomic E-state index is -0.556. The molecule has 0 bridgehead atoms. The summed E-state index contributed by atoms with van der Waals surface area (Å²) in [6.07, 6.45) is 5.47. The van der Waals surface area contributed by atoms with Crippen molar-refractivity contribution in [3.8, 4) is 5.75 Å². The SMILES string of the molecule is COc1ccc(C(O)C(OC)C2CCCCC2)cc1. The first-order valence-corrected chi connectivity index (χ1v) is 7.11. The molecule has 0 spiro atoms. The molecule has 106 valence electrons. The molecule has 1 aromatic carbocycles. The maximum Gasteiger partial charge on any atom is 0.118 e. The van der Waals surface area contributed by atoms with Crippen LogP contribution in [0.4, 0.5) is 0 Å². The summed E-state index contributed by atoms with van der Waals surface area (Å²) in [7, 11) is 3.34. The largest absolute Gasteiger partial charge is 0.497 e. The Balaban J connectivity index is 2.07. The molecular formula is C16H24O3. The van der Waals surface area contributed by atoms with Crippen molar-refractivity contribution in [1.82, 2.24) is 0 Å². The Hall–Kier alpha value is -1.06. The standard InChI is InChI=1S/C16H24O3/c1-18-14-10-8-12(9-11-14)15(17)16(19-2)13-6-4-3-5-7-13/h8-11,13,15-17H,3-7H2,1-2H3. The lowest BCUT2D eigenvalue weighted by Crippen LogP contribution is -2.31. The number of benzene rings is 1. The second-order valence-corrected chi connectivity index (χ2v) is 5.32. The van der Waals surface area contributed by atoms with E-state index in [1.165, 1.54) is 19.3 Å². The summed E-state index contributed by atoms with van der Waals surface area (Å²) in [5.74, 6) is 1.28. The van der Waals surface area contributed by atoms with Crippen molar-refractivity contribution >= 4 is 0 Å². The molecule has 1 N–H and O–H groups in total. The highest BCUT2D eigenvalue weighted by Gasteiger charge is 2.30. The predicted octanol–water partition coefficient (Wildman–Crippen LogP) is 3.32. The molecule has 1 aromatic rings. The molecule has 1 aliphatic carbocycles. The van der Waals surface area contributed by atoms with Gasteiger partial charge in [-0.15, -0.1) is 0 Å². The van der Waals surface area contributed by atoms with E-state index in [1.807, 2.05) is 24.3 Å². The van der Waals surface area contributed by atoms with Gasteiger partial charge in [0.25, 0.3) is 0 Å². The first-order chi connectivity index (χ1) is 9.26. The molecule has 1 aliphatic rings. The van der Waals surface area contributed by atoms with Crippen LogP contribution in [0.5, 0.6) is 5.75 Å². The van der Waals surface area contributed by atoms with Gasteiger partial charge in [0.1, 0.15) is 11.9 Å². The number of hydrogen-bond acceptors (Lipinski definition) is 3. The topological polar surface area (TPSA) is 38.7 Å². The van der Waals surface area contributed by atoms with Gasteiger partial charge < -0.3 is 14.6 Å². The van der Waals surface area contributed by atoms with Crippen molar-refractivity contribution in [2.24, 2.45) is 5.92 Å². The maximum atomic E-state index is 10.5. The smallest absolute Gasteiger partial charge is 0.118 e. The monoisotopic (exact) mass is 264 g/mol. The summed E-state index contributed by atoms with van der Waals surface area (Å²) >= 11 is 0. The summed E-state index contributed by atoms with van der Waals surface area (Å²) in [4.78, 5) is 0. The third kappa shape index (κ3) is 3.48. The van der Waals surface area contributed by atoms with E-state index in [2.05, 4.69) is 0 Å². The van der Waals surface area contributed by atoms with E-state index >= 15 is 0 Å². The van der Waals surface area contributed by atoms with Crippen molar-refractivity contribution in [2.75, 3.05) is 14.2 Å². The average molecular weight is 264 g/mol. The highest BCUT2D eigenvalue weighted by Crippen LogP contribution is 2.34. The molecule has 2 unspecified atom stereocenters. The summed E-state index contributed by atoms with van der Waals surface area (Å²) in [5, 5.41) is 10.5. The van der Waals surface area contributed by atoms with Crippen LogP contribution in [0, 0.1) is 5.92 Å². The van der Waals surface area contributed by atoms with Crippen LogP contribution in [0.15, 0.2) is 24.3 Å². The lowest BCUT2D eigenvalue weighted by molar-refractivity contribution is -0.0559. The number of aliphatic hydroxyl groups excluding tert-OH is 1. The molecule has 3 nitrogen and oxygen atoms in total. The summed E-state index contributed by atoms with van der Waals surface area (Å²) in [5.41, 5.74) is 0.901. The van der Waals surface area contributed by atoms with Crippen molar-refractivity contribution in [3.63, 3.8) is 0 Å². The lowest BCUT2D eigenvalue weighted by atomic mass is 9.82. The summed E-state index contributed by atoms with van der Waals surface area (Å²) < 4.78 is 10.7. The molecule has 0 saturated heterocycles. The minimum absolute atomic E-state index is 0.103. The minimum Gasteiger partial charge on any atom is -0.497 e. The molecule has 1 fully saturated rings. The molecule has 2 atom stereocenters. The Morgan fingerprint density at radius 1 is 1.05 bits per heavy atom. The normalized spacial score (nSPS) is 19.9. The molecule has 0 aliphatic heterocycles. The number of aliphatic hydroxyl groups is 1. The van der Waals surface area contributed by atoms with E-state index in [-0.39, 0.29) is 6.10 Å². The lowest BCUT2D eigenvalue weighted by Gasteiger charge is -2.32. The maximum absolute atomic E-state index is 10.5. The molecule has 19 heavy (non-hydrogen) atoms. The number of methoxy groups -OCH3 is 2. The molecule has 1 saturated carbocycles. The quantitative estimate of drug-likeness (QED) is 0.886. The van der Waals surface area contributed by atoms with E-state index in [1.54, 1.807) is 14.2 Å². The molecular weight excluding hydrogens is 240 g/mol. The van der Waals surface area contributed by atoms with Gasteiger partial charge in [-0.05, 0) is 36.5 Å². The van der Waals surface area contributed by atoms with Crippen LogP contribution in [0.2, 0.25) is 0 Å². The van der Waals surface area contributed by atoms with E-state index in [4.69, 9.17) is 9.47 Å². The van der Waals surface area contributed by atoms with Crippen LogP contribution in [-0.2, 0) is 4.74 Å². The molecule has 3 heteroatoms. The summed E-state index contributed by atoms with van der Waals surface area (Å²) in [6.45, 7) is 0. The van der Waals surface area contributed by atoms with E-state index in [9.17, 15) is 5.11 Å². The van der Waals surface area contributed by atoms with Gasteiger partial charge in [0.2, 0.25) is 0 Å². The zero-order valence-electron chi connectivity index (χ0n) is 11.8. The average Bonchev–Trinajstić information content (AvgIpc) is 2.49. The molecule has 0 heterocycles.